The third-order valence-corrected chi connectivity index (χ3v) is 4.01. The first-order chi connectivity index (χ1) is 7.45. The number of hydrogen-bond acceptors (Lipinski definition) is 3. The first-order valence-corrected chi connectivity index (χ1v) is 7.77. The van der Waals surface area contributed by atoms with Crippen molar-refractivity contribution in [2.45, 2.75) is 17.7 Å². The van der Waals surface area contributed by atoms with E-state index >= 15 is 0 Å². The minimum Gasteiger partial charge on any atom is -0.493 e. The molecule has 0 atom stereocenters. The maximum atomic E-state index is 11.4. The van der Waals surface area contributed by atoms with E-state index in [4.69, 9.17) is 4.74 Å². The van der Waals surface area contributed by atoms with Gasteiger partial charge in [-0.05, 0) is 37.0 Å². The van der Waals surface area contributed by atoms with E-state index in [0.717, 1.165) is 4.47 Å². The normalized spacial score (nSPS) is 16.1. The maximum absolute atomic E-state index is 11.4. The maximum Gasteiger partial charge on any atom is 0.175 e. The Hall–Kier alpha value is -0.550. The molecule has 16 heavy (non-hydrogen) atoms. The summed E-state index contributed by atoms with van der Waals surface area (Å²) in [6.07, 6.45) is 3.62. The quantitative estimate of drug-likeness (QED) is 0.859. The van der Waals surface area contributed by atoms with Gasteiger partial charge in [-0.25, -0.2) is 8.42 Å². The van der Waals surface area contributed by atoms with Gasteiger partial charge in [-0.2, -0.15) is 0 Å². The fourth-order valence-electron chi connectivity index (χ4n) is 1.33. The summed E-state index contributed by atoms with van der Waals surface area (Å²) in [4.78, 5) is 0.285. The summed E-state index contributed by atoms with van der Waals surface area (Å²) in [5, 5.41) is 0. The highest BCUT2D eigenvalue weighted by molar-refractivity contribution is 9.10. The Morgan fingerprint density at radius 2 is 2.06 bits per heavy atom. The molecule has 0 amide bonds. The van der Waals surface area contributed by atoms with Crippen LogP contribution in [0, 0.1) is 5.92 Å². The molecule has 5 heteroatoms. The van der Waals surface area contributed by atoms with Crippen LogP contribution in [0.25, 0.3) is 0 Å². The molecule has 0 spiro atoms. The van der Waals surface area contributed by atoms with Crippen LogP contribution in [0.15, 0.2) is 27.6 Å². The molecule has 1 aromatic rings. The van der Waals surface area contributed by atoms with Crippen molar-refractivity contribution in [2.24, 2.45) is 5.92 Å². The Morgan fingerprint density at radius 1 is 1.38 bits per heavy atom. The molecule has 1 aromatic carbocycles. The van der Waals surface area contributed by atoms with E-state index in [1.54, 1.807) is 18.2 Å². The number of ether oxygens (including phenoxy) is 1. The van der Waals surface area contributed by atoms with Crippen LogP contribution in [0.2, 0.25) is 0 Å². The minimum atomic E-state index is -3.18. The highest BCUT2D eigenvalue weighted by Crippen LogP contribution is 2.31. The first-order valence-electron chi connectivity index (χ1n) is 5.08. The summed E-state index contributed by atoms with van der Waals surface area (Å²) in [6.45, 7) is 0.680. The van der Waals surface area contributed by atoms with Gasteiger partial charge in [0.05, 0.1) is 11.5 Å². The monoisotopic (exact) mass is 304 g/mol. The second kappa shape index (κ2) is 4.37. The SMILES string of the molecule is CS(=O)(=O)c1cc(Br)cc(OCC2CC2)c1. The van der Waals surface area contributed by atoms with Gasteiger partial charge in [0.1, 0.15) is 5.75 Å². The van der Waals surface area contributed by atoms with Gasteiger partial charge >= 0.3 is 0 Å². The van der Waals surface area contributed by atoms with Gasteiger partial charge in [0.15, 0.2) is 9.84 Å². The largest absolute Gasteiger partial charge is 0.493 e. The molecule has 3 nitrogen and oxygen atoms in total. The third kappa shape index (κ3) is 3.22. The first kappa shape index (κ1) is 11.9. The molecular formula is C11H13BrO3S. The van der Waals surface area contributed by atoms with Gasteiger partial charge in [0.25, 0.3) is 0 Å². The van der Waals surface area contributed by atoms with Gasteiger partial charge in [-0.3, -0.25) is 0 Å². The molecule has 1 aliphatic carbocycles. The van der Waals surface area contributed by atoms with E-state index in [2.05, 4.69) is 15.9 Å². The van der Waals surface area contributed by atoms with Crippen molar-refractivity contribution in [1.82, 2.24) is 0 Å². The fourth-order valence-corrected chi connectivity index (χ4v) is 2.63. The second-order valence-corrected chi connectivity index (χ2v) is 7.08. The molecular weight excluding hydrogens is 292 g/mol. The molecule has 0 radical (unpaired) electrons. The summed E-state index contributed by atoms with van der Waals surface area (Å²) < 4.78 is 29.1. The zero-order chi connectivity index (χ0) is 11.8. The standard InChI is InChI=1S/C11H13BrO3S/c1-16(13,14)11-5-9(12)4-10(6-11)15-7-8-2-3-8/h4-6,8H,2-3,7H2,1H3. The van der Waals surface area contributed by atoms with E-state index in [1.807, 2.05) is 0 Å². The molecule has 1 fully saturated rings. The Morgan fingerprint density at radius 3 is 2.62 bits per heavy atom. The lowest BCUT2D eigenvalue weighted by Crippen LogP contribution is -2.02. The van der Waals surface area contributed by atoms with E-state index in [0.29, 0.717) is 18.3 Å². The molecule has 88 valence electrons. The van der Waals surface area contributed by atoms with Gasteiger partial charge in [-0.1, -0.05) is 15.9 Å². The third-order valence-electron chi connectivity index (χ3n) is 2.46. The molecule has 1 saturated carbocycles. The highest BCUT2D eigenvalue weighted by Gasteiger charge is 2.22. The zero-order valence-electron chi connectivity index (χ0n) is 8.94. The number of sulfone groups is 1. The lowest BCUT2D eigenvalue weighted by molar-refractivity contribution is 0.299. The van der Waals surface area contributed by atoms with Crippen LogP contribution >= 0.6 is 15.9 Å². The van der Waals surface area contributed by atoms with E-state index in [-0.39, 0.29) is 4.90 Å². The summed E-state index contributed by atoms with van der Waals surface area (Å²) in [5.41, 5.74) is 0. The van der Waals surface area contributed by atoms with Crippen LogP contribution in [0.3, 0.4) is 0 Å². The van der Waals surface area contributed by atoms with Crippen molar-refractivity contribution in [3.05, 3.63) is 22.7 Å². The lowest BCUT2D eigenvalue weighted by Gasteiger charge is -2.07. The smallest absolute Gasteiger partial charge is 0.175 e. The van der Waals surface area contributed by atoms with Crippen LogP contribution in [0.4, 0.5) is 0 Å². The van der Waals surface area contributed by atoms with Crippen LogP contribution < -0.4 is 4.74 Å². The summed E-state index contributed by atoms with van der Waals surface area (Å²) in [5.74, 6) is 1.27. The predicted molar refractivity (Wildman–Crippen MR) is 65.5 cm³/mol. The highest BCUT2D eigenvalue weighted by atomic mass is 79.9. The van der Waals surface area contributed by atoms with Gasteiger partial charge in [0, 0.05) is 10.7 Å². The number of hydrogen-bond donors (Lipinski definition) is 0. The van der Waals surface area contributed by atoms with Crippen molar-refractivity contribution in [2.75, 3.05) is 12.9 Å². The van der Waals surface area contributed by atoms with Crippen molar-refractivity contribution in [3.63, 3.8) is 0 Å². The summed E-state index contributed by atoms with van der Waals surface area (Å²) >= 11 is 3.28. The topological polar surface area (TPSA) is 43.4 Å². The molecule has 0 unspecified atom stereocenters. The minimum absolute atomic E-state index is 0.285. The molecule has 1 aliphatic rings. The fraction of sp³-hybridized carbons (Fsp3) is 0.455. The van der Waals surface area contributed by atoms with E-state index < -0.39 is 9.84 Å². The van der Waals surface area contributed by atoms with E-state index in [1.165, 1.54) is 19.1 Å². The molecule has 0 aliphatic heterocycles. The van der Waals surface area contributed by atoms with Crippen LogP contribution in [0.1, 0.15) is 12.8 Å². The number of halogens is 1. The average Bonchev–Trinajstić information content (AvgIpc) is 2.96. The van der Waals surface area contributed by atoms with Gasteiger partial charge < -0.3 is 4.74 Å². The van der Waals surface area contributed by atoms with Gasteiger partial charge in [0.2, 0.25) is 0 Å². The lowest BCUT2D eigenvalue weighted by atomic mass is 10.3. The summed E-state index contributed by atoms with van der Waals surface area (Å²) in [7, 11) is -3.18. The Balaban J connectivity index is 2.20. The molecule has 2 rings (SSSR count). The van der Waals surface area contributed by atoms with Crippen LogP contribution in [-0.4, -0.2) is 21.3 Å². The Bertz CT molecular complexity index is 492. The van der Waals surface area contributed by atoms with Crippen molar-refractivity contribution < 1.29 is 13.2 Å². The molecule has 0 N–H and O–H groups in total. The average molecular weight is 305 g/mol. The second-order valence-electron chi connectivity index (χ2n) is 4.15. The molecule has 0 bridgehead atoms. The van der Waals surface area contributed by atoms with E-state index in [9.17, 15) is 8.42 Å². The van der Waals surface area contributed by atoms with Crippen molar-refractivity contribution in [3.8, 4) is 5.75 Å². The number of rotatable bonds is 4. The summed E-state index contributed by atoms with van der Waals surface area (Å²) in [6, 6.07) is 4.94. The zero-order valence-corrected chi connectivity index (χ0v) is 11.3. The van der Waals surface area contributed by atoms with Crippen molar-refractivity contribution >= 4 is 25.8 Å². The molecule has 0 aromatic heterocycles. The molecule has 0 heterocycles. The van der Waals surface area contributed by atoms with Crippen molar-refractivity contribution in [1.29, 1.82) is 0 Å². The predicted octanol–water partition coefficient (Wildman–Crippen LogP) is 2.64. The Labute approximate surface area is 104 Å². The van der Waals surface area contributed by atoms with Crippen LogP contribution in [0.5, 0.6) is 5.75 Å². The van der Waals surface area contributed by atoms with Gasteiger partial charge in [-0.15, -0.1) is 0 Å². The number of benzene rings is 1. The Kier molecular flexibility index (Phi) is 3.26. The molecule has 0 saturated heterocycles. The van der Waals surface area contributed by atoms with Crippen LogP contribution in [-0.2, 0) is 9.84 Å².